The van der Waals surface area contributed by atoms with Crippen molar-refractivity contribution in [2.24, 2.45) is 0 Å². The van der Waals surface area contributed by atoms with E-state index in [1.165, 1.54) is 0 Å². The topological polar surface area (TPSA) is 77.8 Å². The van der Waals surface area contributed by atoms with E-state index in [4.69, 9.17) is 12.1 Å². The van der Waals surface area contributed by atoms with Gasteiger partial charge in [-0.05, 0) is 25.7 Å². The second-order valence-electron chi connectivity index (χ2n) is 5.06. The molecule has 0 atom stereocenters. The molecule has 0 fully saturated rings. The number of unbranched alkanes of at least 4 members (excludes halogenated alkanes) is 4. The van der Waals surface area contributed by atoms with Crippen molar-refractivity contribution in [1.82, 2.24) is 0 Å². The number of rotatable bonds is 11. The molecule has 0 radical (unpaired) electrons. The summed E-state index contributed by atoms with van der Waals surface area (Å²) in [5, 5.41) is 19.2. The fourth-order valence-corrected chi connectivity index (χ4v) is 2.13. The van der Waals surface area contributed by atoms with Crippen molar-refractivity contribution in [3.8, 4) is 0 Å². The van der Waals surface area contributed by atoms with E-state index in [1.807, 2.05) is 0 Å². The van der Waals surface area contributed by atoms with Crippen LogP contribution in [0.15, 0.2) is 0 Å². The maximum absolute atomic E-state index is 10.5. The Morgan fingerprint density at radius 2 is 1.32 bits per heavy atom. The van der Waals surface area contributed by atoms with Crippen molar-refractivity contribution in [2.75, 3.05) is 6.61 Å². The number of aliphatic hydroxyl groups excluding tert-OH is 1. The van der Waals surface area contributed by atoms with Crippen molar-refractivity contribution < 1.29 is 36.7 Å². The van der Waals surface area contributed by atoms with Gasteiger partial charge in [0, 0.05) is 6.61 Å². The quantitative estimate of drug-likeness (QED) is 0.405. The monoisotopic (exact) mass is 311 g/mol. The van der Waals surface area contributed by atoms with Gasteiger partial charge in [0.15, 0.2) is 0 Å². The Kier molecular flexibility index (Phi) is 18.8. The average Bonchev–Trinajstić information content (AvgIpc) is 2.40. The van der Waals surface area contributed by atoms with Crippen LogP contribution in [0.3, 0.4) is 0 Å². The number of hydrogen-bond acceptors (Lipinski definition) is 3. The van der Waals surface area contributed by atoms with Crippen LogP contribution in [0, 0.1) is 0 Å². The standard InChI is InChI=1S/C14H30O2.H2O.O.Ti/c1-3-5-10-14(16,11-6-4-2)12-8-7-9-13-15;;;/h15-16H,3-13H2,1-2H3;1H2;;/q;;;+1/p-1. The summed E-state index contributed by atoms with van der Waals surface area (Å²) < 4.78 is 15.8. The predicted octanol–water partition coefficient (Wildman–Crippen LogP) is 2.97. The van der Waals surface area contributed by atoms with Gasteiger partial charge >= 0.3 is 26.5 Å². The first-order valence-electron chi connectivity index (χ1n) is 7.44. The minimum absolute atomic E-state index is 0.280. The molecule has 4 nitrogen and oxygen atoms in total. The van der Waals surface area contributed by atoms with E-state index in [2.05, 4.69) is 13.8 Å². The molecule has 0 aromatic carbocycles. The molecule has 0 amide bonds. The molecule has 5 heteroatoms. The van der Waals surface area contributed by atoms with Crippen LogP contribution in [0.5, 0.6) is 0 Å². The summed E-state index contributed by atoms with van der Waals surface area (Å²) >= 11 is -1.75. The molecule has 115 valence electrons. The van der Waals surface area contributed by atoms with Crippen LogP contribution in [0.25, 0.3) is 0 Å². The molecular formula is C14H31O4Ti. The molecule has 0 aliphatic rings. The van der Waals surface area contributed by atoms with E-state index in [9.17, 15) is 5.11 Å². The molecule has 0 aliphatic carbocycles. The second kappa shape index (κ2) is 16.4. The van der Waals surface area contributed by atoms with Gasteiger partial charge in [-0.1, -0.05) is 52.4 Å². The van der Waals surface area contributed by atoms with E-state index in [0.717, 1.165) is 64.2 Å². The van der Waals surface area contributed by atoms with E-state index in [-0.39, 0.29) is 6.61 Å². The fraction of sp³-hybridized carbons (Fsp3) is 1.00. The Hall–Kier alpha value is 0.394. The Morgan fingerprint density at radius 3 is 1.68 bits per heavy atom. The third kappa shape index (κ3) is 16.3. The van der Waals surface area contributed by atoms with Crippen LogP contribution in [0.4, 0.5) is 0 Å². The second-order valence-corrected chi connectivity index (χ2v) is 5.34. The summed E-state index contributed by atoms with van der Waals surface area (Å²) in [6.45, 7) is 4.63. The Bertz CT molecular complexity index is 180. The van der Waals surface area contributed by atoms with Gasteiger partial charge in [-0.3, -0.25) is 0 Å². The molecule has 19 heavy (non-hydrogen) atoms. The summed E-state index contributed by atoms with van der Waals surface area (Å²) in [7, 11) is 0. The van der Waals surface area contributed by atoms with E-state index >= 15 is 0 Å². The molecular weight excluding hydrogens is 280 g/mol. The van der Waals surface area contributed by atoms with Crippen LogP contribution in [0.2, 0.25) is 0 Å². The zero-order valence-electron chi connectivity index (χ0n) is 12.5. The van der Waals surface area contributed by atoms with Gasteiger partial charge in [-0.15, -0.1) is 0 Å². The summed E-state index contributed by atoms with van der Waals surface area (Å²) in [5.74, 6) is 0. The average molecular weight is 311 g/mol. The SMILES string of the molecule is CCCCC(O)(CCCC)CCCCCO.[O]=[Ti][OH]. The summed E-state index contributed by atoms with van der Waals surface area (Å²) in [6, 6.07) is 0. The molecule has 0 rings (SSSR count). The normalized spacial score (nSPS) is 10.6. The Balaban J connectivity index is 0. The van der Waals surface area contributed by atoms with Crippen molar-refractivity contribution in [3.63, 3.8) is 0 Å². The van der Waals surface area contributed by atoms with E-state index < -0.39 is 25.1 Å². The van der Waals surface area contributed by atoms with E-state index in [0.29, 0.717) is 0 Å². The molecule has 0 aromatic heterocycles. The molecule has 0 unspecified atom stereocenters. The molecule has 0 saturated carbocycles. The van der Waals surface area contributed by atoms with Gasteiger partial charge in [-0.25, -0.2) is 0 Å². The third-order valence-electron chi connectivity index (χ3n) is 3.29. The van der Waals surface area contributed by atoms with Gasteiger partial charge in [0.25, 0.3) is 0 Å². The van der Waals surface area contributed by atoms with Crippen LogP contribution in [-0.2, 0) is 22.8 Å². The van der Waals surface area contributed by atoms with Crippen LogP contribution in [0.1, 0.15) is 78.1 Å². The van der Waals surface area contributed by atoms with Crippen LogP contribution in [-0.4, -0.2) is 26.1 Å². The van der Waals surface area contributed by atoms with Gasteiger partial charge < -0.3 is 10.2 Å². The molecule has 0 aromatic rings. The van der Waals surface area contributed by atoms with Crippen molar-refractivity contribution in [3.05, 3.63) is 0 Å². The van der Waals surface area contributed by atoms with Crippen LogP contribution < -0.4 is 0 Å². The first kappa shape index (κ1) is 21.7. The fourth-order valence-electron chi connectivity index (χ4n) is 2.13. The van der Waals surface area contributed by atoms with Crippen molar-refractivity contribution in [2.45, 2.75) is 83.7 Å². The summed E-state index contributed by atoms with van der Waals surface area (Å²) in [6.07, 6.45) is 10.3. The minimum atomic E-state index is -1.75. The van der Waals surface area contributed by atoms with Gasteiger partial charge in [0.1, 0.15) is 0 Å². The maximum atomic E-state index is 10.5. The molecule has 0 aliphatic heterocycles. The van der Waals surface area contributed by atoms with Gasteiger partial charge in [0.05, 0.1) is 5.60 Å². The first-order chi connectivity index (χ1) is 9.10. The predicted molar refractivity (Wildman–Crippen MR) is 72.5 cm³/mol. The zero-order chi connectivity index (χ0) is 15.0. The molecule has 0 saturated heterocycles. The van der Waals surface area contributed by atoms with E-state index in [1.54, 1.807) is 0 Å². The molecule has 0 spiro atoms. The summed E-state index contributed by atoms with van der Waals surface area (Å²) in [5.41, 5.74) is -0.429. The molecule has 3 N–H and O–H groups in total. The summed E-state index contributed by atoms with van der Waals surface area (Å²) in [4.78, 5) is 0. The first-order valence-corrected chi connectivity index (χ1v) is 8.78. The molecule has 0 heterocycles. The number of hydrogen-bond donors (Lipinski definition) is 3. The van der Waals surface area contributed by atoms with Crippen LogP contribution >= 0.6 is 0 Å². The Morgan fingerprint density at radius 1 is 0.895 bits per heavy atom. The number of aliphatic hydroxyl groups is 2. The Labute approximate surface area is 127 Å². The molecule has 0 bridgehead atoms. The third-order valence-corrected chi connectivity index (χ3v) is 3.29. The van der Waals surface area contributed by atoms with Gasteiger partial charge in [0.2, 0.25) is 0 Å². The van der Waals surface area contributed by atoms with Gasteiger partial charge in [-0.2, -0.15) is 0 Å². The van der Waals surface area contributed by atoms with Crippen molar-refractivity contribution >= 4 is 0 Å². The van der Waals surface area contributed by atoms with Crippen molar-refractivity contribution in [1.29, 1.82) is 0 Å². The zero-order valence-corrected chi connectivity index (χ0v) is 14.1.